The van der Waals surface area contributed by atoms with Gasteiger partial charge in [0.1, 0.15) is 18.3 Å². The molecule has 1 N–H and O–H groups in total. The van der Waals surface area contributed by atoms with Gasteiger partial charge in [0.25, 0.3) is 0 Å². The molecule has 0 fully saturated rings. The minimum absolute atomic E-state index is 0.0183. The molecule has 132 valence electrons. The topological polar surface area (TPSA) is 81.2 Å². The Hall–Kier alpha value is -1.14. The molecule has 1 aromatic heterocycles. The van der Waals surface area contributed by atoms with Crippen molar-refractivity contribution in [3.8, 4) is 0 Å². The van der Waals surface area contributed by atoms with Crippen LogP contribution in [0.2, 0.25) is 0 Å². The maximum Gasteiger partial charge on any atom is 0.346 e. The smallest absolute Gasteiger partial charge is 0.346 e. The first-order valence-corrected chi connectivity index (χ1v) is 8.96. The van der Waals surface area contributed by atoms with E-state index in [4.69, 9.17) is 11.6 Å². The van der Waals surface area contributed by atoms with Crippen LogP contribution in [0.5, 0.6) is 0 Å². The fourth-order valence-electron chi connectivity index (χ4n) is 3.03. The molecule has 0 spiro atoms. The molecule has 0 aliphatic rings. The van der Waals surface area contributed by atoms with Crippen LogP contribution >= 0.6 is 11.6 Å². The van der Waals surface area contributed by atoms with Gasteiger partial charge in [0.05, 0.1) is 5.88 Å². The summed E-state index contributed by atoms with van der Waals surface area (Å²) in [6, 6.07) is 0. The average molecular weight is 346 g/mol. The number of aromatic nitrogens is 2. The zero-order valence-corrected chi connectivity index (χ0v) is 15.2. The van der Waals surface area contributed by atoms with Gasteiger partial charge in [-0.1, -0.05) is 27.7 Å². The lowest BCUT2D eigenvalue weighted by atomic mass is 9.99. The van der Waals surface area contributed by atoms with E-state index in [-0.39, 0.29) is 35.0 Å². The van der Waals surface area contributed by atoms with Crippen molar-refractivity contribution in [3.05, 3.63) is 21.6 Å². The molecule has 1 aromatic rings. The minimum atomic E-state index is -0.827. The Morgan fingerprint density at radius 1 is 1.17 bits per heavy atom. The lowest BCUT2D eigenvalue weighted by Gasteiger charge is -2.13. The maximum atomic E-state index is 11.7. The zero-order valence-electron chi connectivity index (χ0n) is 14.5. The molecule has 0 saturated heterocycles. The van der Waals surface area contributed by atoms with E-state index in [1.807, 2.05) is 27.7 Å². The van der Waals surface area contributed by atoms with Gasteiger partial charge in [0.15, 0.2) is 5.82 Å². The van der Waals surface area contributed by atoms with Crippen molar-refractivity contribution in [3.63, 3.8) is 0 Å². The summed E-state index contributed by atoms with van der Waals surface area (Å²) in [5, 5.41) is 21.6. The van der Waals surface area contributed by atoms with Crippen molar-refractivity contribution in [1.29, 1.82) is 0 Å². The molecular formula is C16H28ClN3O3. The van der Waals surface area contributed by atoms with Crippen LogP contribution in [0.15, 0.2) is 0 Å². The van der Waals surface area contributed by atoms with Crippen LogP contribution in [-0.2, 0) is 6.54 Å². The molecule has 0 aliphatic heterocycles. The second-order valence-corrected chi connectivity index (χ2v) is 6.19. The number of aliphatic hydroxyl groups is 1. The summed E-state index contributed by atoms with van der Waals surface area (Å²) in [5.41, 5.74) is 0.545. The van der Waals surface area contributed by atoms with Gasteiger partial charge in [0.2, 0.25) is 0 Å². The fourth-order valence-corrected chi connectivity index (χ4v) is 3.12. The van der Waals surface area contributed by atoms with Crippen LogP contribution in [0.4, 0.5) is 5.82 Å². The van der Waals surface area contributed by atoms with Crippen molar-refractivity contribution in [1.82, 2.24) is 9.55 Å². The van der Waals surface area contributed by atoms with Crippen LogP contribution in [0.25, 0.3) is 0 Å². The van der Waals surface area contributed by atoms with Crippen molar-refractivity contribution >= 4 is 17.4 Å². The number of halogens is 1. The molecule has 1 rings (SSSR count). The number of hydrogen-bond donors (Lipinski definition) is 1. The van der Waals surface area contributed by atoms with Gasteiger partial charge in [-0.15, -0.1) is 11.6 Å². The minimum Gasteiger partial charge on any atom is -0.388 e. The van der Waals surface area contributed by atoms with Gasteiger partial charge in [-0.05, 0) is 30.6 Å². The highest BCUT2D eigenvalue weighted by molar-refractivity contribution is 6.18. The molecule has 1 unspecified atom stereocenters. The fraction of sp³-hybridized carbons (Fsp3) is 0.812. The van der Waals surface area contributed by atoms with E-state index in [2.05, 4.69) is 4.98 Å². The first-order chi connectivity index (χ1) is 10.9. The summed E-state index contributed by atoms with van der Waals surface area (Å²) in [6.07, 6.45) is 2.48. The Bertz CT molecular complexity index is 511. The molecule has 0 radical (unpaired) electrons. The molecule has 0 saturated carbocycles. The average Bonchev–Trinajstić information content (AvgIpc) is 2.89. The summed E-state index contributed by atoms with van der Waals surface area (Å²) in [6.45, 7) is 8.24. The van der Waals surface area contributed by atoms with Gasteiger partial charge in [-0.3, -0.25) is 0 Å². The number of aliphatic hydroxyl groups excluding tert-OH is 1. The van der Waals surface area contributed by atoms with E-state index >= 15 is 0 Å². The normalized spacial score (nSPS) is 13.0. The summed E-state index contributed by atoms with van der Waals surface area (Å²) in [5.74, 6) is 0.952. The highest BCUT2D eigenvalue weighted by Crippen LogP contribution is 2.35. The van der Waals surface area contributed by atoms with E-state index in [1.54, 1.807) is 4.57 Å². The molecule has 7 heteroatoms. The van der Waals surface area contributed by atoms with E-state index in [0.717, 1.165) is 25.7 Å². The molecular weight excluding hydrogens is 318 g/mol. The van der Waals surface area contributed by atoms with Crippen LogP contribution < -0.4 is 0 Å². The highest BCUT2D eigenvalue weighted by Gasteiger charge is 2.34. The van der Waals surface area contributed by atoms with Gasteiger partial charge in [0, 0.05) is 11.8 Å². The second-order valence-electron chi connectivity index (χ2n) is 5.88. The molecule has 6 nitrogen and oxygen atoms in total. The molecule has 0 bridgehead atoms. The standard InChI is InChI=1S/C16H28ClN3O3/c1-5-11(6-2)14-16(20(22)23)19(10-13(21)9-17)15(18-14)12(7-3)8-4/h11-13,21H,5-10H2,1-4H3. The number of rotatable bonds is 10. The number of nitrogens with zero attached hydrogens (tertiary/aromatic N) is 3. The van der Waals surface area contributed by atoms with Gasteiger partial charge < -0.3 is 15.2 Å². The van der Waals surface area contributed by atoms with Crippen molar-refractivity contribution in [2.75, 3.05) is 5.88 Å². The van der Waals surface area contributed by atoms with E-state index in [1.165, 1.54) is 0 Å². The lowest BCUT2D eigenvalue weighted by molar-refractivity contribution is -0.393. The van der Waals surface area contributed by atoms with Crippen molar-refractivity contribution < 1.29 is 10.0 Å². The van der Waals surface area contributed by atoms with Crippen LogP contribution in [0, 0.1) is 10.1 Å². The monoisotopic (exact) mass is 345 g/mol. The first kappa shape index (κ1) is 19.9. The van der Waals surface area contributed by atoms with Crippen molar-refractivity contribution in [2.45, 2.75) is 77.9 Å². The quantitative estimate of drug-likeness (QED) is 0.391. The maximum absolute atomic E-state index is 11.7. The lowest BCUT2D eigenvalue weighted by Crippen LogP contribution is -2.21. The third kappa shape index (κ3) is 4.44. The summed E-state index contributed by atoms with van der Waals surface area (Å²) in [4.78, 5) is 16.0. The Morgan fingerprint density at radius 2 is 1.70 bits per heavy atom. The van der Waals surface area contributed by atoms with Gasteiger partial charge in [-0.2, -0.15) is 0 Å². The summed E-state index contributed by atoms with van der Waals surface area (Å²) < 4.78 is 1.58. The number of imidazole rings is 1. The first-order valence-electron chi connectivity index (χ1n) is 8.43. The SMILES string of the molecule is CCC(CC)c1nc(C(CC)CC)n(CC(O)CCl)c1[N+](=O)[O-]. The second kappa shape index (κ2) is 9.23. The molecule has 23 heavy (non-hydrogen) atoms. The Labute approximate surface area is 143 Å². The zero-order chi connectivity index (χ0) is 17.6. The van der Waals surface area contributed by atoms with Gasteiger partial charge in [-0.25, -0.2) is 9.55 Å². The van der Waals surface area contributed by atoms with E-state index < -0.39 is 6.10 Å². The Morgan fingerprint density at radius 3 is 2.09 bits per heavy atom. The Balaban J connectivity index is 3.53. The predicted molar refractivity (Wildman–Crippen MR) is 92.3 cm³/mol. The van der Waals surface area contributed by atoms with Crippen LogP contribution in [0.1, 0.15) is 76.7 Å². The molecule has 0 aliphatic carbocycles. The predicted octanol–water partition coefficient (Wildman–Crippen LogP) is 4.20. The van der Waals surface area contributed by atoms with E-state index in [0.29, 0.717) is 11.5 Å². The van der Waals surface area contributed by atoms with Gasteiger partial charge >= 0.3 is 5.82 Å². The van der Waals surface area contributed by atoms with E-state index in [9.17, 15) is 15.2 Å². The number of nitro groups is 1. The van der Waals surface area contributed by atoms with Crippen molar-refractivity contribution in [2.24, 2.45) is 0 Å². The summed E-state index contributed by atoms with van der Waals surface area (Å²) in [7, 11) is 0. The van der Waals surface area contributed by atoms with Crippen LogP contribution in [0.3, 0.4) is 0 Å². The summed E-state index contributed by atoms with van der Waals surface area (Å²) >= 11 is 5.70. The molecule has 0 amide bonds. The molecule has 1 atom stereocenters. The number of alkyl halides is 1. The largest absolute Gasteiger partial charge is 0.388 e. The molecule has 0 aromatic carbocycles. The number of hydrogen-bond acceptors (Lipinski definition) is 4. The third-order valence-electron chi connectivity index (χ3n) is 4.46. The highest BCUT2D eigenvalue weighted by atomic mass is 35.5. The third-order valence-corrected chi connectivity index (χ3v) is 4.82. The molecule has 1 heterocycles. The Kier molecular flexibility index (Phi) is 7.99. The van der Waals surface area contributed by atoms with Crippen LogP contribution in [-0.4, -0.2) is 31.6 Å².